The van der Waals surface area contributed by atoms with Crippen molar-refractivity contribution >= 4 is 23.2 Å². The van der Waals surface area contributed by atoms with Gasteiger partial charge in [-0.1, -0.05) is 37.5 Å². The monoisotopic (exact) mass is 371 g/mol. The van der Waals surface area contributed by atoms with E-state index in [9.17, 15) is 18.0 Å². The smallest absolute Gasteiger partial charge is 0.463 e. The van der Waals surface area contributed by atoms with E-state index in [4.69, 9.17) is 4.42 Å². The van der Waals surface area contributed by atoms with Crippen LogP contribution in [0.25, 0.3) is 5.70 Å². The fraction of sp³-hybridized carbons (Fsp3) is 0.278. The van der Waals surface area contributed by atoms with Crippen LogP contribution in [0.5, 0.6) is 0 Å². The summed E-state index contributed by atoms with van der Waals surface area (Å²) in [6, 6.07) is 2.84. The van der Waals surface area contributed by atoms with Crippen LogP contribution in [-0.2, 0) is 4.79 Å². The fourth-order valence-corrected chi connectivity index (χ4v) is 2.64. The van der Waals surface area contributed by atoms with Crippen molar-refractivity contribution in [3.63, 3.8) is 0 Å². The molecule has 1 rings (SSSR count). The highest BCUT2D eigenvalue weighted by Crippen LogP contribution is 2.37. The maximum absolute atomic E-state index is 13.3. The van der Waals surface area contributed by atoms with E-state index in [1.807, 2.05) is 31.2 Å². The zero-order valence-electron chi connectivity index (χ0n) is 13.9. The van der Waals surface area contributed by atoms with E-state index in [0.717, 1.165) is 11.8 Å². The molecule has 7 heteroatoms. The molecule has 0 saturated heterocycles. The standard InChI is InChI=1S/C18H20F3NO2S/c1-4-5-6-7-8-10-16(23)13-25-15(3)22(18(19,20)21)14(2)17-11-9-12-24-17/h4-7,9,11-12H,2-3,8,10,13H2,1H3. The largest absolute Gasteiger partial charge is 0.489 e. The maximum atomic E-state index is 13.3. The Morgan fingerprint density at radius 2 is 2.08 bits per heavy atom. The summed E-state index contributed by atoms with van der Waals surface area (Å²) in [6.07, 6.45) is 4.69. The first-order valence-corrected chi connectivity index (χ1v) is 8.47. The molecule has 0 aliphatic heterocycles. The quantitative estimate of drug-likeness (QED) is 0.387. The zero-order valence-corrected chi connectivity index (χ0v) is 14.7. The van der Waals surface area contributed by atoms with E-state index < -0.39 is 6.30 Å². The number of allylic oxidation sites excluding steroid dienone is 4. The summed E-state index contributed by atoms with van der Waals surface area (Å²) in [5, 5.41) is -0.327. The summed E-state index contributed by atoms with van der Waals surface area (Å²) >= 11 is 0.735. The van der Waals surface area contributed by atoms with Gasteiger partial charge in [-0.3, -0.25) is 4.79 Å². The molecule has 1 aromatic rings. The summed E-state index contributed by atoms with van der Waals surface area (Å²) in [7, 11) is 0. The predicted molar refractivity (Wildman–Crippen MR) is 95.4 cm³/mol. The van der Waals surface area contributed by atoms with Crippen LogP contribution in [0.15, 0.2) is 65.3 Å². The zero-order chi connectivity index (χ0) is 18.9. The van der Waals surface area contributed by atoms with Gasteiger partial charge in [-0.2, -0.15) is 0 Å². The highest BCUT2D eigenvalue weighted by molar-refractivity contribution is 8.03. The van der Waals surface area contributed by atoms with Gasteiger partial charge in [0.15, 0.2) is 0 Å². The second kappa shape index (κ2) is 9.98. The molecule has 3 nitrogen and oxygen atoms in total. The summed E-state index contributed by atoms with van der Waals surface area (Å²) in [5.41, 5.74) is -0.378. The molecule has 0 amide bonds. The summed E-state index contributed by atoms with van der Waals surface area (Å²) in [6.45, 7) is 8.74. The van der Waals surface area contributed by atoms with E-state index in [0.29, 0.717) is 6.42 Å². The van der Waals surface area contributed by atoms with Gasteiger partial charge in [0.2, 0.25) is 0 Å². The third-order valence-corrected chi connectivity index (χ3v) is 3.99. The van der Waals surface area contributed by atoms with Crippen LogP contribution in [0.3, 0.4) is 0 Å². The molecule has 0 unspecified atom stereocenters. The molecule has 0 aliphatic rings. The predicted octanol–water partition coefficient (Wildman–Crippen LogP) is 5.76. The molecule has 25 heavy (non-hydrogen) atoms. The van der Waals surface area contributed by atoms with E-state index in [2.05, 4.69) is 13.2 Å². The van der Waals surface area contributed by atoms with Crippen LogP contribution in [-0.4, -0.2) is 22.7 Å². The highest BCUT2D eigenvalue weighted by Gasteiger charge is 2.41. The van der Waals surface area contributed by atoms with Gasteiger partial charge in [-0.05, 0) is 25.5 Å². The SMILES string of the molecule is C=C(SCC(=O)CCC=CC=CC)N(C(=C)c1ccco1)C(F)(F)F. The molecular formula is C18H20F3NO2S. The van der Waals surface area contributed by atoms with Crippen LogP contribution in [0.4, 0.5) is 13.2 Å². The molecule has 0 aromatic carbocycles. The number of Topliss-reactive ketones (excluding diaryl/α,β-unsaturated/α-hetero) is 1. The van der Waals surface area contributed by atoms with Crippen molar-refractivity contribution in [2.45, 2.75) is 26.1 Å². The van der Waals surface area contributed by atoms with Gasteiger partial charge in [0.1, 0.15) is 11.5 Å². The molecule has 136 valence electrons. The number of nitrogens with zero attached hydrogens (tertiary/aromatic N) is 1. The van der Waals surface area contributed by atoms with Crippen molar-refractivity contribution in [1.82, 2.24) is 4.90 Å². The lowest BCUT2D eigenvalue weighted by molar-refractivity contribution is -0.207. The van der Waals surface area contributed by atoms with Crippen molar-refractivity contribution in [2.24, 2.45) is 0 Å². The number of hydrogen-bond acceptors (Lipinski definition) is 4. The van der Waals surface area contributed by atoms with E-state index in [1.54, 1.807) is 0 Å². The number of thioether (sulfide) groups is 1. The molecule has 0 fully saturated rings. The van der Waals surface area contributed by atoms with Gasteiger partial charge in [0, 0.05) is 6.42 Å². The van der Waals surface area contributed by atoms with Gasteiger partial charge in [0.25, 0.3) is 0 Å². The minimum atomic E-state index is -4.72. The maximum Gasteiger partial charge on any atom is 0.489 e. The van der Waals surface area contributed by atoms with E-state index >= 15 is 0 Å². The summed E-state index contributed by atoms with van der Waals surface area (Å²) in [4.78, 5) is 11.8. The number of ketones is 1. The normalized spacial score (nSPS) is 12.0. The number of furan rings is 1. The van der Waals surface area contributed by atoms with Crippen molar-refractivity contribution in [3.05, 3.63) is 66.6 Å². The molecule has 0 atom stereocenters. The van der Waals surface area contributed by atoms with E-state index in [-0.39, 0.29) is 39.3 Å². The second-order valence-corrected chi connectivity index (χ2v) is 5.99. The first-order chi connectivity index (χ1) is 11.8. The number of halogens is 3. The number of hydrogen-bond donors (Lipinski definition) is 0. The average molecular weight is 371 g/mol. The van der Waals surface area contributed by atoms with Gasteiger partial charge < -0.3 is 4.42 Å². The topological polar surface area (TPSA) is 33.5 Å². The minimum absolute atomic E-state index is 0.0143. The molecule has 0 saturated carbocycles. The number of alkyl halides is 3. The number of rotatable bonds is 10. The van der Waals surface area contributed by atoms with Crippen molar-refractivity contribution in [1.29, 1.82) is 0 Å². The Hall–Kier alpha value is -2.15. The average Bonchev–Trinajstić information content (AvgIpc) is 3.06. The minimum Gasteiger partial charge on any atom is -0.463 e. The highest BCUT2D eigenvalue weighted by atomic mass is 32.2. The van der Waals surface area contributed by atoms with Crippen molar-refractivity contribution < 1.29 is 22.4 Å². The number of carbonyl (C=O) groups is 1. The molecule has 0 bridgehead atoms. The lowest BCUT2D eigenvalue weighted by Crippen LogP contribution is -2.34. The molecule has 0 aliphatic carbocycles. The first kappa shape index (κ1) is 20.9. The van der Waals surface area contributed by atoms with E-state index in [1.165, 1.54) is 18.4 Å². The van der Waals surface area contributed by atoms with Crippen molar-refractivity contribution in [3.8, 4) is 0 Å². The van der Waals surface area contributed by atoms with Gasteiger partial charge in [-0.25, -0.2) is 4.90 Å². The Bertz CT molecular complexity index is 646. The fourth-order valence-electron chi connectivity index (χ4n) is 1.83. The molecular weight excluding hydrogens is 351 g/mol. The first-order valence-electron chi connectivity index (χ1n) is 7.48. The number of carbonyl (C=O) groups excluding carboxylic acids is 1. The van der Waals surface area contributed by atoms with Crippen LogP contribution in [0.1, 0.15) is 25.5 Å². The Kier molecular flexibility index (Phi) is 8.34. The van der Waals surface area contributed by atoms with Crippen LogP contribution in [0.2, 0.25) is 0 Å². The van der Waals surface area contributed by atoms with Gasteiger partial charge in [-0.15, -0.1) is 24.9 Å². The summed E-state index contributed by atoms with van der Waals surface area (Å²) < 4.78 is 44.9. The van der Waals surface area contributed by atoms with Crippen LogP contribution < -0.4 is 0 Å². The lowest BCUT2D eigenvalue weighted by atomic mass is 10.2. The molecule has 0 radical (unpaired) electrons. The molecule has 0 N–H and O–H groups in total. The Morgan fingerprint density at radius 1 is 1.36 bits per heavy atom. The van der Waals surface area contributed by atoms with Gasteiger partial charge in [0.05, 0.1) is 22.7 Å². The van der Waals surface area contributed by atoms with Crippen LogP contribution >= 0.6 is 11.8 Å². The second-order valence-electron chi connectivity index (χ2n) is 4.94. The van der Waals surface area contributed by atoms with Crippen LogP contribution in [0, 0.1) is 0 Å². The molecule has 1 heterocycles. The Labute approximate surface area is 149 Å². The molecule has 1 aromatic heterocycles. The summed E-state index contributed by atoms with van der Waals surface area (Å²) in [5.74, 6) is -0.254. The third kappa shape index (κ3) is 7.09. The third-order valence-electron chi connectivity index (χ3n) is 3.01. The lowest BCUT2D eigenvalue weighted by Gasteiger charge is -2.28. The van der Waals surface area contributed by atoms with Gasteiger partial charge >= 0.3 is 6.30 Å². The Balaban J connectivity index is 2.62. The molecule has 0 spiro atoms. The van der Waals surface area contributed by atoms with Crippen molar-refractivity contribution in [2.75, 3.05) is 5.75 Å². The Morgan fingerprint density at radius 3 is 2.64 bits per heavy atom.